The molecule has 0 aromatic heterocycles. The number of carboxylic acids is 2. The largest absolute Gasteiger partial charge is 0.478 e. The number of nitrogens with two attached hydrogens (primary N) is 1. The van der Waals surface area contributed by atoms with Crippen LogP contribution in [0, 0.1) is 0 Å². The lowest BCUT2D eigenvalue weighted by Crippen LogP contribution is -1.91. The van der Waals surface area contributed by atoms with Gasteiger partial charge in [-0.1, -0.05) is 6.08 Å². The second kappa shape index (κ2) is 9.38. The first-order valence-corrected chi connectivity index (χ1v) is 2.99. The molecule has 0 aromatic carbocycles. The van der Waals surface area contributed by atoms with Crippen molar-refractivity contribution < 1.29 is 19.8 Å². The van der Waals surface area contributed by atoms with Crippen molar-refractivity contribution in [3.05, 3.63) is 24.8 Å². The van der Waals surface area contributed by atoms with Crippen molar-refractivity contribution in [2.45, 2.75) is 0 Å². The summed E-state index contributed by atoms with van der Waals surface area (Å²) in [6.45, 7) is 3.94. The van der Waals surface area contributed by atoms with Crippen LogP contribution in [0.15, 0.2) is 24.8 Å². The molecular weight excluding hydrogens is 162 g/mol. The Bertz CT molecular complexity index is 170. The van der Waals surface area contributed by atoms with Gasteiger partial charge in [-0.15, -0.1) is 6.58 Å². The Kier molecular flexibility index (Phi) is 10.2. The van der Waals surface area contributed by atoms with Crippen molar-refractivity contribution >= 4 is 11.9 Å². The Morgan fingerprint density at radius 3 is 1.58 bits per heavy atom. The van der Waals surface area contributed by atoms with Crippen LogP contribution in [-0.4, -0.2) is 28.7 Å². The Morgan fingerprint density at radius 1 is 1.25 bits per heavy atom. The van der Waals surface area contributed by atoms with Crippen LogP contribution < -0.4 is 5.73 Å². The van der Waals surface area contributed by atoms with Crippen molar-refractivity contribution in [3.8, 4) is 0 Å². The van der Waals surface area contributed by atoms with Crippen LogP contribution in [0.4, 0.5) is 0 Å². The summed E-state index contributed by atoms with van der Waals surface area (Å²) in [5, 5.41) is 15.6. The first-order valence-electron chi connectivity index (χ1n) is 2.99. The molecule has 0 unspecified atom stereocenters. The SMILES string of the molecule is C=CCN.O=C(O)/C=C/C(=O)O. The van der Waals surface area contributed by atoms with Gasteiger partial charge < -0.3 is 15.9 Å². The lowest BCUT2D eigenvalue weighted by molar-refractivity contribution is -0.134. The second-order valence-corrected chi connectivity index (χ2v) is 1.53. The fourth-order valence-corrected chi connectivity index (χ4v) is 0.143. The molecule has 68 valence electrons. The highest BCUT2D eigenvalue weighted by Crippen LogP contribution is 1.70. The van der Waals surface area contributed by atoms with Gasteiger partial charge in [-0.2, -0.15) is 0 Å². The molecule has 0 radical (unpaired) electrons. The zero-order valence-electron chi connectivity index (χ0n) is 6.43. The summed E-state index contributed by atoms with van der Waals surface area (Å²) in [4.78, 5) is 19.1. The van der Waals surface area contributed by atoms with Crippen LogP contribution >= 0.6 is 0 Å². The first-order chi connectivity index (χ1) is 5.54. The van der Waals surface area contributed by atoms with Crippen molar-refractivity contribution in [2.75, 3.05) is 6.54 Å². The lowest BCUT2D eigenvalue weighted by atomic mass is 10.5. The van der Waals surface area contributed by atoms with Crippen LogP contribution in [0.5, 0.6) is 0 Å². The summed E-state index contributed by atoms with van der Waals surface area (Å²) in [5.74, 6) is -2.51. The van der Waals surface area contributed by atoms with E-state index in [2.05, 4.69) is 6.58 Å². The monoisotopic (exact) mass is 173 g/mol. The molecule has 0 saturated heterocycles. The van der Waals surface area contributed by atoms with E-state index in [1.54, 1.807) is 6.08 Å². The summed E-state index contributed by atoms with van der Waals surface area (Å²) >= 11 is 0. The molecule has 0 spiro atoms. The fraction of sp³-hybridized carbons (Fsp3) is 0.143. The highest BCUT2D eigenvalue weighted by atomic mass is 16.4. The molecule has 0 fully saturated rings. The quantitative estimate of drug-likeness (QED) is 0.406. The maximum atomic E-state index is 9.55. The highest BCUT2D eigenvalue weighted by Gasteiger charge is 1.88. The van der Waals surface area contributed by atoms with Gasteiger partial charge >= 0.3 is 11.9 Å². The molecule has 5 heteroatoms. The predicted molar refractivity (Wildman–Crippen MR) is 43.7 cm³/mol. The van der Waals surface area contributed by atoms with Crippen molar-refractivity contribution in [1.82, 2.24) is 0 Å². The maximum Gasteiger partial charge on any atom is 0.328 e. The van der Waals surface area contributed by atoms with Crippen molar-refractivity contribution in [2.24, 2.45) is 5.73 Å². The lowest BCUT2D eigenvalue weighted by Gasteiger charge is -1.74. The van der Waals surface area contributed by atoms with E-state index in [0.717, 1.165) is 0 Å². The highest BCUT2D eigenvalue weighted by molar-refractivity contribution is 5.89. The molecule has 0 aliphatic carbocycles. The minimum absolute atomic E-state index is 0.558. The predicted octanol–water partition coefficient (Wildman–Crippen LogP) is -0.157. The second-order valence-electron chi connectivity index (χ2n) is 1.53. The van der Waals surface area contributed by atoms with Crippen LogP contribution in [-0.2, 0) is 9.59 Å². The summed E-state index contributed by atoms with van der Waals surface area (Å²) in [6.07, 6.45) is 2.77. The van der Waals surface area contributed by atoms with E-state index in [4.69, 9.17) is 15.9 Å². The molecular formula is C7H11NO4. The van der Waals surface area contributed by atoms with Crippen LogP contribution in [0.25, 0.3) is 0 Å². The van der Waals surface area contributed by atoms with E-state index in [1.807, 2.05) is 0 Å². The summed E-state index contributed by atoms with van der Waals surface area (Å²) in [5.41, 5.74) is 4.91. The van der Waals surface area contributed by atoms with Crippen LogP contribution in [0.1, 0.15) is 0 Å². The number of rotatable bonds is 3. The Labute approximate surface area is 69.8 Å². The third-order valence-electron chi connectivity index (χ3n) is 0.535. The zero-order valence-corrected chi connectivity index (χ0v) is 6.43. The molecule has 0 amide bonds. The molecule has 0 atom stereocenters. The Morgan fingerprint density at radius 2 is 1.50 bits per heavy atom. The fourth-order valence-electron chi connectivity index (χ4n) is 0.143. The van der Waals surface area contributed by atoms with Gasteiger partial charge in [0.15, 0.2) is 0 Å². The number of hydrogen-bond acceptors (Lipinski definition) is 3. The van der Waals surface area contributed by atoms with E-state index in [0.29, 0.717) is 18.7 Å². The summed E-state index contributed by atoms with van der Waals surface area (Å²) in [7, 11) is 0. The van der Waals surface area contributed by atoms with E-state index in [-0.39, 0.29) is 0 Å². The molecule has 0 heterocycles. The van der Waals surface area contributed by atoms with Crippen LogP contribution in [0.3, 0.4) is 0 Å². The molecule has 12 heavy (non-hydrogen) atoms. The number of aliphatic carboxylic acids is 2. The van der Waals surface area contributed by atoms with Gasteiger partial charge in [-0.05, 0) is 0 Å². The van der Waals surface area contributed by atoms with Gasteiger partial charge in [0.2, 0.25) is 0 Å². The third kappa shape index (κ3) is 23.8. The summed E-state index contributed by atoms with van der Waals surface area (Å²) in [6, 6.07) is 0. The topological polar surface area (TPSA) is 101 Å². The number of hydrogen-bond donors (Lipinski definition) is 3. The standard InChI is InChI=1S/C4H4O4.C3H7N/c5-3(6)1-2-4(7)8;1-2-3-4/h1-2H,(H,5,6)(H,7,8);2H,1,3-4H2/b2-1+;. The Hall–Kier alpha value is -1.62. The van der Waals surface area contributed by atoms with Gasteiger partial charge in [0.05, 0.1) is 0 Å². The van der Waals surface area contributed by atoms with Crippen molar-refractivity contribution in [3.63, 3.8) is 0 Å². The normalized spacial score (nSPS) is 8.42. The van der Waals surface area contributed by atoms with Gasteiger partial charge in [-0.3, -0.25) is 0 Å². The smallest absolute Gasteiger partial charge is 0.328 e. The van der Waals surface area contributed by atoms with Gasteiger partial charge in [0.1, 0.15) is 0 Å². The van der Waals surface area contributed by atoms with Crippen molar-refractivity contribution in [1.29, 1.82) is 0 Å². The first kappa shape index (κ1) is 13.0. The minimum Gasteiger partial charge on any atom is -0.478 e. The van der Waals surface area contributed by atoms with Gasteiger partial charge in [-0.25, -0.2) is 9.59 Å². The molecule has 0 aliphatic heterocycles. The van der Waals surface area contributed by atoms with Gasteiger partial charge in [0.25, 0.3) is 0 Å². The average Bonchev–Trinajstić information content (AvgIpc) is 2.01. The van der Waals surface area contributed by atoms with E-state index in [9.17, 15) is 9.59 Å². The molecule has 0 aliphatic rings. The van der Waals surface area contributed by atoms with E-state index >= 15 is 0 Å². The molecule has 0 saturated carbocycles. The summed E-state index contributed by atoms with van der Waals surface area (Å²) < 4.78 is 0. The van der Waals surface area contributed by atoms with Gasteiger partial charge in [0, 0.05) is 18.7 Å². The molecule has 0 aromatic rings. The zero-order chi connectivity index (χ0) is 9.98. The van der Waals surface area contributed by atoms with E-state index in [1.165, 1.54) is 0 Å². The van der Waals surface area contributed by atoms with E-state index < -0.39 is 11.9 Å². The maximum absolute atomic E-state index is 9.55. The molecule has 4 N–H and O–H groups in total. The average molecular weight is 173 g/mol. The third-order valence-corrected chi connectivity index (χ3v) is 0.535. The Balaban J connectivity index is 0. The molecule has 0 bridgehead atoms. The molecule has 0 rings (SSSR count). The number of carbonyl (C=O) groups is 2. The molecule has 5 nitrogen and oxygen atoms in total. The minimum atomic E-state index is -1.26. The van der Waals surface area contributed by atoms with Crippen LogP contribution in [0.2, 0.25) is 0 Å². The number of carboxylic acid groups (broad SMARTS) is 2.